The van der Waals surface area contributed by atoms with Crippen LogP contribution in [0.15, 0.2) is 18.7 Å². The number of aromatic nitrogens is 2. The third-order valence-corrected chi connectivity index (χ3v) is 2.88. The van der Waals surface area contributed by atoms with E-state index in [-0.39, 0.29) is 12.3 Å². The summed E-state index contributed by atoms with van der Waals surface area (Å²) >= 11 is 0. The Morgan fingerprint density at radius 1 is 1.39 bits per heavy atom. The summed E-state index contributed by atoms with van der Waals surface area (Å²) in [5, 5.41) is 11.6. The monoisotopic (exact) mass is 249 g/mol. The molecular formula is C12H15N3O3. The van der Waals surface area contributed by atoms with Crippen molar-refractivity contribution in [2.75, 3.05) is 0 Å². The highest BCUT2D eigenvalue weighted by Crippen LogP contribution is 2.33. The summed E-state index contributed by atoms with van der Waals surface area (Å²) in [5.74, 6) is -0.830. The van der Waals surface area contributed by atoms with Crippen LogP contribution in [-0.4, -0.2) is 33.0 Å². The predicted molar refractivity (Wildman–Crippen MR) is 62.6 cm³/mol. The van der Waals surface area contributed by atoms with Gasteiger partial charge in [0, 0.05) is 12.4 Å². The van der Waals surface area contributed by atoms with E-state index in [1.165, 1.54) is 6.33 Å². The maximum atomic E-state index is 11.7. The van der Waals surface area contributed by atoms with Crippen LogP contribution in [0.4, 0.5) is 0 Å². The normalized spacial score (nSPS) is 16.0. The van der Waals surface area contributed by atoms with E-state index in [1.54, 1.807) is 12.4 Å². The minimum atomic E-state index is -0.973. The number of aliphatic carboxylic acids is 1. The summed E-state index contributed by atoms with van der Waals surface area (Å²) in [6.07, 6.45) is 7.22. The molecule has 0 saturated heterocycles. The van der Waals surface area contributed by atoms with Crippen molar-refractivity contribution in [1.82, 2.24) is 15.3 Å². The molecule has 1 saturated carbocycles. The third kappa shape index (κ3) is 3.80. The van der Waals surface area contributed by atoms with Gasteiger partial charge in [0.2, 0.25) is 5.91 Å². The highest BCUT2D eigenvalue weighted by atomic mass is 16.4. The molecule has 1 fully saturated rings. The Bertz CT molecular complexity index is 431. The molecule has 1 aromatic rings. The van der Waals surface area contributed by atoms with E-state index in [0.717, 1.165) is 12.8 Å². The molecule has 0 radical (unpaired) electrons. The molecule has 6 heteroatoms. The molecule has 1 aliphatic rings. The maximum Gasteiger partial charge on any atom is 0.326 e. The van der Waals surface area contributed by atoms with Gasteiger partial charge in [-0.25, -0.2) is 14.8 Å². The third-order valence-electron chi connectivity index (χ3n) is 2.88. The van der Waals surface area contributed by atoms with Gasteiger partial charge in [0.25, 0.3) is 0 Å². The van der Waals surface area contributed by atoms with E-state index < -0.39 is 12.0 Å². The number of rotatable bonds is 6. The van der Waals surface area contributed by atoms with Crippen LogP contribution in [0.3, 0.4) is 0 Å². The predicted octanol–water partition coefficient (Wildman–Crippen LogP) is 0.389. The Morgan fingerprint density at radius 2 is 2.06 bits per heavy atom. The van der Waals surface area contributed by atoms with Crippen LogP contribution in [-0.2, 0) is 16.0 Å². The van der Waals surface area contributed by atoms with Crippen LogP contribution >= 0.6 is 0 Å². The summed E-state index contributed by atoms with van der Waals surface area (Å²) in [7, 11) is 0. The Morgan fingerprint density at radius 3 is 2.61 bits per heavy atom. The zero-order valence-corrected chi connectivity index (χ0v) is 9.87. The molecule has 0 spiro atoms. The lowest BCUT2D eigenvalue weighted by Crippen LogP contribution is -2.41. The van der Waals surface area contributed by atoms with E-state index in [0.29, 0.717) is 17.9 Å². The average Bonchev–Trinajstić information content (AvgIpc) is 3.13. The Labute approximate surface area is 104 Å². The van der Waals surface area contributed by atoms with Crippen molar-refractivity contribution < 1.29 is 14.7 Å². The number of hydrogen-bond donors (Lipinski definition) is 2. The number of carbonyl (C=O) groups is 2. The lowest BCUT2D eigenvalue weighted by molar-refractivity contribution is -0.142. The number of nitrogens with one attached hydrogen (secondary N) is 1. The standard InChI is InChI=1S/C12H15N3O3/c16-11(4-9-5-13-7-14-6-9)15-10(12(17)18)3-8-1-2-8/h5-8,10H,1-4H2,(H,15,16)(H,17,18). The van der Waals surface area contributed by atoms with Gasteiger partial charge < -0.3 is 10.4 Å². The lowest BCUT2D eigenvalue weighted by Gasteiger charge is -2.13. The van der Waals surface area contributed by atoms with Crippen molar-refractivity contribution >= 4 is 11.9 Å². The molecule has 2 rings (SSSR count). The molecule has 1 aromatic heterocycles. The van der Waals surface area contributed by atoms with Gasteiger partial charge in [-0.1, -0.05) is 12.8 Å². The summed E-state index contributed by atoms with van der Waals surface area (Å²) in [4.78, 5) is 30.3. The summed E-state index contributed by atoms with van der Waals surface area (Å²) in [6, 6.07) is -0.783. The lowest BCUT2D eigenvalue weighted by atomic mass is 10.1. The second-order valence-corrected chi connectivity index (χ2v) is 4.56. The van der Waals surface area contributed by atoms with Gasteiger partial charge >= 0.3 is 5.97 Å². The van der Waals surface area contributed by atoms with Crippen LogP contribution in [0.1, 0.15) is 24.8 Å². The van der Waals surface area contributed by atoms with Crippen molar-refractivity contribution in [2.45, 2.75) is 31.7 Å². The number of carboxylic acids is 1. The SMILES string of the molecule is O=C(Cc1cncnc1)NC(CC1CC1)C(=O)O. The maximum absolute atomic E-state index is 11.7. The van der Waals surface area contributed by atoms with Crippen LogP contribution in [0.2, 0.25) is 0 Å². The van der Waals surface area contributed by atoms with Crippen LogP contribution in [0.25, 0.3) is 0 Å². The van der Waals surface area contributed by atoms with Crippen LogP contribution in [0, 0.1) is 5.92 Å². The van der Waals surface area contributed by atoms with Crippen molar-refractivity contribution in [3.05, 3.63) is 24.3 Å². The van der Waals surface area contributed by atoms with Crippen molar-refractivity contribution in [3.63, 3.8) is 0 Å². The van der Waals surface area contributed by atoms with Gasteiger partial charge in [0.15, 0.2) is 0 Å². The molecule has 96 valence electrons. The molecule has 6 nitrogen and oxygen atoms in total. The zero-order chi connectivity index (χ0) is 13.0. The summed E-state index contributed by atoms with van der Waals surface area (Å²) in [6.45, 7) is 0. The zero-order valence-electron chi connectivity index (χ0n) is 9.87. The molecule has 1 aliphatic carbocycles. The molecule has 1 amide bonds. The highest BCUT2D eigenvalue weighted by Gasteiger charge is 2.30. The molecule has 18 heavy (non-hydrogen) atoms. The van der Waals surface area contributed by atoms with Crippen molar-refractivity contribution in [2.24, 2.45) is 5.92 Å². The summed E-state index contributed by atoms with van der Waals surface area (Å²) < 4.78 is 0. The molecule has 1 unspecified atom stereocenters. The van der Waals surface area contributed by atoms with Gasteiger partial charge in [-0.15, -0.1) is 0 Å². The topological polar surface area (TPSA) is 92.2 Å². The number of nitrogens with zero attached hydrogens (tertiary/aromatic N) is 2. The van der Waals surface area contributed by atoms with E-state index in [4.69, 9.17) is 5.11 Å². The fraction of sp³-hybridized carbons (Fsp3) is 0.500. The molecule has 0 aliphatic heterocycles. The van der Waals surface area contributed by atoms with Crippen LogP contribution in [0.5, 0.6) is 0 Å². The first kappa shape index (κ1) is 12.5. The van der Waals surface area contributed by atoms with Crippen molar-refractivity contribution in [1.29, 1.82) is 0 Å². The van der Waals surface area contributed by atoms with E-state index in [1.807, 2.05) is 0 Å². The smallest absolute Gasteiger partial charge is 0.326 e. The molecular weight excluding hydrogens is 234 g/mol. The minimum Gasteiger partial charge on any atom is -0.480 e. The second-order valence-electron chi connectivity index (χ2n) is 4.56. The average molecular weight is 249 g/mol. The number of carboxylic acid groups (broad SMARTS) is 1. The Kier molecular flexibility index (Phi) is 3.86. The Hall–Kier alpha value is -1.98. The molecule has 0 bridgehead atoms. The fourth-order valence-corrected chi connectivity index (χ4v) is 1.76. The van der Waals surface area contributed by atoms with Gasteiger partial charge in [0.1, 0.15) is 12.4 Å². The first-order valence-corrected chi connectivity index (χ1v) is 5.91. The highest BCUT2D eigenvalue weighted by molar-refractivity contribution is 5.84. The molecule has 1 heterocycles. The second kappa shape index (κ2) is 5.57. The van der Waals surface area contributed by atoms with Gasteiger partial charge in [0.05, 0.1) is 6.42 Å². The largest absolute Gasteiger partial charge is 0.480 e. The van der Waals surface area contributed by atoms with E-state index >= 15 is 0 Å². The quantitative estimate of drug-likeness (QED) is 0.760. The molecule has 1 atom stereocenters. The first-order chi connectivity index (χ1) is 8.65. The number of amides is 1. The van der Waals surface area contributed by atoms with E-state index in [9.17, 15) is 9.59 Å². The van der Waals surface area contributed by atoms with Crippen LogP contribution < -0.4 is 5.32 Å². The van der Waals surface area contributed by atoms with Crippen molar-refractivity contribution in [3.8, 4) is 0 Å². The van der Waals surface area contributed by atoms with Gasteiger partial charge in [-0.05, 0) is 17.9 Å². The van der Waals surface area contributed by atoms with Gasteiger partial charge in [-0.3, -0.25) is 4.79 Å². The molecule has 2 N–H and O–H groups in total. The first-order valence-electron chi connectivity index (χ1n) is 5.91. The van der Waals surface area contributed by atoms with E-state index in [2.05, 4.69) is 15.3 Å². The fourth-order valence-electron chi connectivity index (χ4n) is 1.76. The summed E-state index contributed by atoms with van der Waals surface area (Å²) in [5.41, 5.74) is 0.672. The van der Waals surface area contributed by atoms with Gasteiger partial charge in [-0.2, -0.15) is 0 Å². The molecule has 0 aromatic carbocycles. The number of carbonyl (C=O) groups excluding carboxylic acids is 1. The number of hydrogen-bond acceptors (Lipinski definition) is 4. The minimum absolute atomic E-state index is 0.106. The Balaban J connectivity index is 1.86.